The number of nitrogens with zero attached hydrogens (tertiary/aromatic N) is 3. The molecule has 0 aromatic carbocycles. The minimum atomic E-state index is -1.07. The number of hydrogen-bond acceptors (Lipinski definition) is 6. The van der Waals surface area contributed by atoms with E-state index in [9.17, 15) is 14.7 Å². The summed E-state index contributed by atoms with van der Waals surface area (Å²) in [4.78, 5) is 33.6. The highest BCUT2D eigenvalue weighted by Gasteiger charge is 2.30. The molecule has 9 nitrogen and oxygen atoms in total. The SMILES string of the molecule is Cn1ccc2c(C(=O)NC(CCOC3CC(CCc4ccc5c(n4)NCCC5)C3)C(=O)O)ccnc21. The molecule has 0 spiro atoms. The van der Waals surface area contributed by atoms with Crippen LogP contribution in [0.25, 0.3) is 11.0 Å². The minimum absolute atomic E-state index is 0.155. The van der Waals surface area contributed by atoms with Crippen LogP contribution in [0.2, 0.25) is 0 Å². The highest BCUT2D eigenvalue weighted by Crippen LogP contribution is 2.34. The van der Waals surface area contributed by atoms with Crippen LogP contribution in [0.4, 0.5) is 5.82 Å². The van der Waals surface area contributed by atoms with Crippen molar-refractivity contribution in [1.82, 2.24) is 19.9 Å². The van der Waals surface area contributed by atoms with E-state index in [0.29, 0.717) is 29.1 Å². The lowest BCUT2D eigenvalue weighted by molar-refractivity contribution is -0.140. The number of fused-ring (bicyclic) bond motifs is 2. The molecule has 3 N–H and O–H groups in total. The molecule has 2 aliphatic rings. The first-order valence-corrected chi connectivity index (χ1v) is 12.8. The van der Waals surface area contributed by atoms with Crippen LogP contribution in [0.5, 0.6) is 0 Å². The Hall–Kier alpha value is -3.46. The monoisotopic (exact) mass is 491 g/mol. The van der Waals surface area contributed by atoms with Crippen LogP contribution in [0.15, 0.2) is 36.7 Å². The topological polar surface area (TPSA) is 118 Å². The molecule has 1 atom stereocenters. The lowest BCUT2D eigenvalue weighted by atomic mass is 9.79. The zero-order chi connectivity index (χ0) is 25.1. The van der Waals surface area contributed by atoms with Crippen molar-refractivity contribution in [2.24, 2.45) is 13.0 Å². The summed E-state index contributed by atoms with van der Waals surface area (Å²) < 4.78 is 7.74. The van der Waals surface area contributed by atoms with Crippen LogP contribution >= 0.6 is 0 Å². The van der Waals surface area contributed by atoms with Crippen LogP contribution in [0.3, 0.4) is 0 Å². The first kappa shape index (κ1) is 24.2. The number of ether oxygens (including phenoxy) is 1. The average Bonchev–Trinajstić information content (AvgIpc) is 3.24. The van der Waals surface area contributed by atoms with Gasteiger partial charge in [-0.25, -0.2) is 14.8 Å². The summed E-state index contributed by atoms with van der Waals surface area (Å²) in [6.45, 7) is 1.29. The Kier molecular flexibility index (Phi) is 7.18. The number of hydrogen-bond donors (Lipinski definition) is 3. The molecular formula is C27H33N5O4. The molecular weight excluding hydrogens is 458 g/mol. The minimum Gasteiger partial charge on any atom is -0.480 e. The first-order valence-electron chi connectivity index (χ1n) is 12.8. The van der Waals surface area contributed by atoms with Gasteiger partial charge in [0.25, 0.3) is 5.91 Å². The smallest absolute Gasteiger partial charge is 0.326 e. The molecule has 0 bridgehead atoms. The van der Waals surface area contributed by atoms with E-state index in [1.807, 2.05) is 23.9 Å². The molecule has 9 heteroatoms. The molecule has 0 radical (unpaired) electrons. The van der Waals surface area contributed by atoms with Gasteiger partial charge in [-0.1, -0.05) is 6.07 Å². The van der Waals surface area contributed by atoms with Crippen LogP contribution in [0, 0.1) is 5.92 Å². The highest BCUT2D eigenvalue weighted by atomic mass is 16.5. The third-order valence-corrected chi connectivity index (χ3v) is 7.33. The fourth-order valence-corrected chi connectivity index (χ4v) is 5.11. The van der Waals surface area contributed by atoms with Gasteiger partial charge in [-0.15, -0.1) is 0 Å². The number of anilines is 1. The molecule has 1 aliphatic carbocycles. The fourth-order valence-electron chi connectivity index (χ4n) is 5.11. The Morgan fingerprint density at radius 1 is 1.28 bits per heavy atom. The number of aliphatic carboxylic acids is 1. The van der Waals surface area contributed by atoms with Gasteiger partial charge in [0.05, 0.1) is 11.7 Å². The normalized spacial score (nSPS) is 19.7. The molecule has 3 aromatic heterocycles. The molecule has 3 aromatic rings. The second-order valence-corrected chi connectivity index (χ2v) is 9.88. The molecule has 5 rings (SSSR count). The maximum absolute atomic E-state index is 12.8. The van der Waals surface area contributed by atoms with E-state index in [1.165, 1.54) is 12.0 Å². The van der Waals surface area contributed by atoms with Gasteiger partial charge in [0.15, 0.2) is 0 Å². The van der Waals surface area contributed by atoms with E-state index in [-0.39, 0.29) is 12.5 Å². The summed E-state index contributed by atoms with van der Waals surface area (Å²) in [5, 5.41) is 16.4. The fraction of sp³-hybridized carbons (Fsp3) is 0.481. The molecule has 1 amide bonds. The van der Waals surface area contributed by atoms with Gasteiger partial charge in [0, 0.05) is 50.1 Å². The summed E-state index contributed by atoms with van der Waals surface area (Å²) in [6.07, 6.45) is 10.0. The van der Waals surface area contributed by atoms with Crippen molar-refractivity contribution < 1.29 is 19.4 Å². The standard InChI is InChI=1S/C27H33N5O4/c1-32-13-9-21-22(8-12-29-25(21)32)26(33)31-23(27(34)35)10-14-36-20-15-17(16-20)4-6-19-7-5-18-3-2-11-28-24(18)30-19/h5,7-9,12-13,17,20,23H,2-4,6,10-11,14-16H2,1H3,(H,28,30)(H,31,33)(H,34,35). The average molecular weight is 492 g/mol. The molecule has 1 unspecified atom stereocenters. The van der Waals surface area contributed by atoms with E-state index in [0.717, 1.165) is 50.2 Å². The largest absolute Gasteiger partial charge is 0.480 e. The summed E-state index contributed by atoms with van der Waals surface area (Å²) in [6, 6.07) is 6.75. The Morgan fingerprint density at radius 2 is 2.14 bits per heavy atom. The number of nitrogens with one attached hydrogen (secondary N) is 2. The number of amides is 1. The van der Waals surface area contributed by atoms with E-state index in [2.05, 4.69) is 27.8 Å². The van der Waals surface area contributed by atoms with Crippen molar-refractivity contribution in [1.29, 1.82) is 0 Å². The lowest BCUT2D eigenvalue weighted by Crippen LogP contribution is -2.42. The van der Waals surface area contributed by atoms with Gasteiger partial charge in [0.2, 0.25) is 0 Å². The Balaban J connectivity index is 1.04. The predicted molar refractivity (Wildman–Crippen MR) is 136 cm³/mol. The number of rotatable bonds is 10. The molecule has 1 saturated carbocycles. The van der Waals surface area contributed by atoms with Crippen molar-refractivity contribution in [3.63, 3.8) is 0 Å². The Labute approximate surface area is 210 Å². The van der Waals surface area contributed by atoms with Gasteiger partial charge in [-0.2, -0.15) is 0 Å². The molecule has 4 heterocycles. The van der Waals surface area contributed by atoms with Crippen molar-refractivity contribution in [2.45, 2.75) is 57.1 Å². The van der Waals surface area contributed by atoms with Gasteiger partial charge >= 0.3 is 5.97 Å². The van der Waals surface area contributed by atoms with Gasteiger partial charge in [-0.05, 0) is 68.2 Å². The van der Waals surface area contributed by atoms with E-state index >= 15 is 0 Å². The third-order valence-electron chi connectivity index (χ3n) is 7.33. The summed E-state index contributed by atoms with van der Waals surface area (Å²) >= 11 is 0. The molecule has 0 saturated heterocycles. The van der Waals surface area contributed by atoms with E-state index in [1.54, 1.807) is 12.3 Å². The summed E-state index contributed by atoms with van der Waals surface area (Å²) in [5.74, 6) is 0.168. The predicted octanol–water partition coefficient (Wildman–Crippen LogP) is 3.33. The van der Waals surface area contributed by atoms with E-state index in [4.69, 9.17) is 9.72 Å². The quantitative estimate of drug-likeness (QED) is 0.398. The van der Waals surface area contributed by atoms with Crippen molar-refractivity contribution in [3.05, 3.63) is 53.5 Å². The second kappa shape index (κ2) is 10.7. The van der Waals surface area contributed by atoms with Gasteiger partial charge in [0.1, 0.15) is 17.5 Å². The zero-order valence-corrected chi connectivity index (χ0v) is 20.6. The number of carbonyl (C=O) groups excluding carboxylic acids is 1. The molecule has 190 valence electrons. The summed E-state index contributed by atoms with van der Waals surface area (Å²) in [7, 11) is 1.85. The van der Waals surface area contributed by atoms with Crippen LogP contribution in [0.1, 0.15) is 53.7 Å². The van der Waals surface area contributed by atoms with Crippen molar-refractivity contribution >= 4 is 28.7 Å². The Bertz CT molecular complexity index is 1250. The second-order valence-electron chi connectivity index (χ2n) is 9.88. The van der Waals surface area contributed by atoms with Gasteiger partial charge < -0.3 is 25.0 Å². The van der Waals surface area contributed by atoms with E-state index < -0.39 is 17.9 Å². The van der Waals surface area contributed by atoms with Crippen LogP contribution in [-0.2, 0) is 29.4 Å². The Morgan fingerprint density at radius 3 is 2.97 bits per heavy atom. The number of carboxylic acid groups (broad SMARTS) is 1. The van der Waals surface area contributed by atoms with Crippen molar-refractivity contribution in [3.8, 4) is 0 Å². The zero-order valence-electron chi connectivity index (χ0n) is 20.6. The van der Waals surface area contributed by atoms with Gasteiger partial charge in [-0.3, -0.25) is 4.79 Å². The number of aryl methyl sites for hydroxylation is 3. The molecule has 36 heavy (non-hydrogen) atoms. The van der Waals surface area contributed by atoms with Crippen molar-refractivity contribution in [2.75, 3.05) is 18.5 Å². The first-order chi connectivity index (χ1) is 17.5. The number of carbonyl (C=O) groups is 2. The van der Waals surface area contributed by atoms with Crippen LogP contribution in [-0.4, -0.2) is 56.8 Å². The maximum Gasteiger partial charge on any atom is 0.326 e. The number of carboxylic acids is 1. The highest BCUT2D eigenvalue weighted by molar-refractivity contribution is 6.06. The van der Waals surface area contributed by atoms with Crippen LogP contribution < -0.4 is 10.6 Å². The number of pyridine rings is 2. The lowest BCUT2D eigenvalue weighted by Gasteiger charge is -2.35. The molecule has 1 fully saturated rings. The number of aromatic nitrogens is 3. The maximum atomic E-state index is 12.8. The third kappa shape index (κ3) is 5.36. The summed E-state index contributed by atoms with van der Waals surface area (Å²) in [5.41, 5.74) is 3.54. The molecule has 1 aliphatic heterocycles.